The molecule has 3 N–H and O–H groups in total. The molecule has 0 radical (unpaired) electrons. The Bertz CT molecular complexity index is 705. The van der Waals surface area contributed by atoms with E-state index in [-0.39, 0.29) is 12.3 Å². The van der Waals surface area contributed by atoms with Gasteiger partial charge in [0.25, 0.3) is 0 Å². The maximum absolute atomic E-state index is 11.8. The molecule has 1 amide bonds. The zero-order valence-corrected chi connectivity index (χ0v) is 13.0. The minimum atomic E-state index is -1.57. The molecule has 24 heavy (non-hydrogen) atoms. The number of aliphatic hydroxyl groups is 1. The van der Waals surface area contributed by atoms with Crippen molar-refractivity contribution < 1.29 is 24.5 Å². The van der Waals surface area contributed by atoms with Crippen LogP contribution in [0.15, 0.2) is 48.7 Å². The number of aliphatic hydroxyl groups excluding tert-OH is 1. The minimum Gasteiger partial charge on any atom is -0.480 e. The van der Waals surface area contributed by atoms with E-state index in [1.165, 1.54) is 6.20 Å². The van der Waals surface area contributed by atoms with Crippen LogP contribution in [0, 0.1) is 6.92 Å². The van der Waals surface area contributed by atoms with E-state index in [1.54, 1.807) is 43.3 Å². The highest BCUT2D eigenvalue weighted by molar-refractivity contribution is 5.80. The highest BCUT2D eigenvalue weighted by atomic mass is 16.5. The van der Waals surface area contributed by atoms with Gasteiger partial charge < -0.3 is 20.3 Å². The number of rotatable bonds is 6. The van der Waals surface area contributed by atoms with Crippen molar-refractivity contribution in [2.75, 3.05) is 0 Å². The first-order chi connectivity index (χ1) is 11.5. The van der Waals surface area contributed by atoms with E-state index in [9.17, 15) is 19.8 Å². The lowest BCUT2D eigenvalue weighted by molar-refractivity contribution is -0.142. The lowest BCUT2D eigenvalue weighted by Crippen LogP contribution is -2.45. The topological polar surface area (TPSA) is 109 Å². The molecule has 0 aliphatic rings. The van der Waals surface area contributed by atoms with Gasteiger partial charge in [-0.3, -0.25) is 4.98 Å². The average molecular weight is 330 g/mol. The molecular weight excluding hydrogens is 312 g/mol. The number of pyridine rings is 1. The van der Waals surface area contributed by atoms with Crippen molar-refractivity contribution in [3.8, 4) is 0 Å². The second kappa shape index (κ2) is 8.07. The smallest absolute Gasteiger partial charge is 0.408 e. The van der Waals surface area contributed by atoms with Gasteiger partial charge in [0.1, 0.15) is 12.7 Å². The molecule has 1 aromatic heterocycles. The lowest BCUT2D eigenvalue weighted by atomic mass is 10.0. The molecule has 126 valence electrons. The fourth-order valence-electron chi connectivity index (χ4n) is 2.13. The second-order valence-electron chi connectivity index (χ2n) is 5.17. The molecule has 2 aromatic rings. The number of benzene rings is 1. The highest BCUT2D eigenvalue weighted by Crippen LogP contribution is 2.18. The Morgan fingerprint density at radius 1 is 1.21 bits per heavy atom. The Kier molecular flexibility index (Phi) is 5.86. The lowest BCUT2D eigenvalue weighted by Gasteiger charge is -2.21. The number of aryl methyl sites for hydroxylation is 1. The summed E-state index contributed by atoms with van der Waals surface area (Å²) in [4.78, 5) is 27.2. The molecule has 1 heterocycles. The van der Waals surface area contributed by atoms with Crippen molar-refractivity contribution >= 4 is 12.1 Å². The summed E-state index contributed by atoms with van der Waals surface area (Å²) in [5, 5.41) is 21.7. The van der Waals surface area contributed by atoms with Gasteiger partial charge in [0, 0.05) is 6.20 Å². The Morgan fingerprint density at radius 3 is 2.54 bits per heavy atom. The van der Waals surface area contributed by atoms with Crippen LogP contribution in [-0.2, 0) is 16.1 Å². The molecule has 0 aliphatic carbocycles. The number of hydrogen-bond acceptors (Lipinski definition) is 5. The number of carbonyl (C=O) groups excluding carboxylic acids is 1. The van der Waals surface area contributed by atoms with E-state index in [0.29, 0.717) is 5.56 Å². The Morgan fingerprint density at radius 2 is 1.92 bits per heavy atom. The van der Waals surface area contributed by atoms with Gasteiger partial charge in [0.15, 0.2) is 6.04 Å². The van der Waals surface area contributed by atoms with Crippen LogP contribution in [0.1, 0.15) is 22.9 Å². The number of nitrogens with one attached hydrogen (secondary N) is 1. The van der Waals surface area contributed by atoms with Gasteiger partial charge >= 0.3 is 12.1 Å². The first-order valence-corrected chi connectivity index (χ1v) is 7.28. The number of carboxylic acid groups (broad SMARTS) is 1. The summed E-state index contributed by atoms with van der Waals surface area (Å²) in [6.45, 7) is 1.69. The number of carbonyl (C=O) groups is 2. The molecule has 0 bridgehead atoms. The van der Waals surface area contributed by atoms with Crippen LogP contribution in [0.5, 0.6) is 0 Å². The molecule has 0 aliphatic heterocycles. The largest absolute Gasteiger partial charge is 0.480 e. The summed E-state index contributed by atoms with van der Waals surface area (Å²) in [5.74, 6) is -1.38. The minimum absolute atomic E-state index is 0.00226. The van der Waals surface area contributed by atoms with Crippen LogP contribution in [0.2, 0.25) is 0 Å². The van der Waals surface area contributed by atoms with E-state index >= 15 is 0 Å². The Balaban J connectivity index is 2.01. The summed E-state index contributed by atoms with van der Waals surface area (Å²) in [7, 11) is 0. The average Bonchev–Trinajstić information content (AvgIpc) is 2.58. The number of aliphatic carboxylic acids is 1. The molecule has 2 rings (SSSR count). The molecule has 0 spiro atoms. The predicted molar refractivity (Wildman–Crippen MR) is 85.1 cm³/mol. The molecule has 0 fully saturated rings. The predicted octanol–water partition coefficient (Wildman–Crippen LogP) is 1.80. The molecule has 0 saturated heterocycles. The molecule has 0 unspecified atom stereocenters. The molecule has 2 atom stereocenters. The van der Waals surface area contributed by atoms with Crippen molar-refractivity contribution in [1.29, 1.82) is 0 Å². The van der Waals surface area contributed by atoms with Crippen molar-refractivity contribution in [2.24, 2.45) is 0 Å². The van der Waals surface area contributed by atoms with Gasteiger partial charge in [0.05, 0.1) is 5.69 Å². The second-order valence-corrected chi connectivity index (χ2v) is 5.17. The third kappa shape index (κ3) is 4.53. The van der Waals surface area contributed by atoms with Gasteiger partial charge in [-0.2, -0.15) is 0 Å². The summed E-state index contributed by atoms with van der Waals surface area (Å²) >= 11 is 0. The SMILES string of the molecule is Cc1cccnc1[C@H](O)[C@H](NC(=O)OCc1ccccc1)C(=O)O. The van der Waals surface area contributed by atoms with Crippen LogP contribution in [0.4, 0.5) is 4.79 Å². The molecule has 1 aromatic carbocycles. The number of nitrogens with zero attached hydrogens (tertiary/aromatic N) is 1. The van der Waals surface area contributed by atoms with Crippen LogP contribution in [0.25, 0.3) is 0 Å². The first-order valence-electron chi connectivity index (χ1n) is 7.28. The normalized spacial score (nSPS) is 12.9. The number of ether oxygens (including phenoxy) is 1. The number of alkyl carbamates (subject to hydrolysis) is 1. The van der Waals surface area contributed by atoms with Gasteiger partial charge in [-0.05, 0) is 24.1 Å². The number of aromatic nitrogens is 1. The van der Waals surface area contributed by atoms with E-state index in [4.69, 9.17) is 4.74 Å². The van der Waals surface area contributed by atoms with Crippen LogP contribution < -0.4 is 5.32 Å². The third-order valence-electron chi connectivity index (χ3n) is 3.40. The number of amides is 1. The van der Waals surface area contributed by atoms with Gasteiger partial charge in [-0.25, -0.2) is 9.59 Å². The van der Waals surface area contributed by atoms with Gasteiger partial charge in [-0.1, -0.05) is 36.4 Å². The van der Waals surface area contributed by atoms with E-state index in [2.05, 4.69) is 10.3 Å². The van der Waals surface area contributed by atoms with Crippen molar-refractivity contribution in [2.45, 2.75) is 25.7 Å². The number of hydrogen-bond donors (Lipinski definition) is 3. The summed E-state index contributed by atoms with van der Waals surface area (Å²) in [5.41, 5.74) is 1.57. The quantitative estimate of drug-likeness (QED) is 0.745. The number of carboxylic acids is 1. The van der Waals surface area contributed by atoms with Gasteiger partial charge in [0.2, 0.25) is 0 Å². The summed E-state index contributed by atoms with van der Waals surface area (Å²) in [6, 6.07) is 10.8. The molecular formula is C17H18N2O5. The monoisotopic (exact) mass is 330 g/mol. The summed E-state index contributed by atoms with van der Waals surface area (Å²) < 4.78 is 4.98. The maximum Gasteiger partial charge on any atom is 0.408 e. The maximum atomic E-state index is 11.8. The standard InChI is InChI=1S/C17H18N2O5/c1-11-6-5-9-18-13(11)15(20)14(16(21)22)19-17(23)24-10-12-7-3-2-4-8-12/h2-9,14-15,20H,10H2,1H3,(H,19,23)(H,21,22)/t14-,15-/m0/s1. The zero-order chi connectivity index (χ0) is 17.5. The molecule has 7 nitrogen and oxygen atoms in total. The van der Waals surface area contributed by atoms with Crippen molar-refractivity contribution in [1.82, 2.24) is 10.3 Å². The van der Waals surface area contributed by atoms with Gasteiger partial charge in [-0.15, -0.1) is 0 Å². The summed E-state index contributed by atoms with van der Waals surface area (Å²) in [6.07, 6.45) is -0.982. The third-order valence-corrected chi connectivity index (χ3v) is 3.40. The fraction of sp³-hybridized carbons (Fsp3) is 0.235. The highest BCUT2D eigenvalue weighted by Gasteiger charge is 2.31. The van der Waals surface area contributed by atoms with Crippen LogP contribution >= 0.6 is 0 Å². The zero-order valence-electron chi connectivity index (χ0n) is 13.0. The van der Waals surface area contributed by atoms with E-state index in [1.807, 2.05) is 6.07 Å². The molecule has 7 heteroatoms. The Hall–Kier alpha value is -2.93. The van der Waals surface area contributed by atoms with Crippen molar-refractivity contribution in [3.05, 3.63) is 65.5 Å². The van der Waals surface area contributed by atoms with E-state index < -0.39 is 24.2 Å². The first kappa shape index (κ1) is 17.4. The van der Waals surface area contributed by atoms with Crippen LogP contribution in [-0.4, -0.2) is 33.3 Å². The fourth-order valence-corrected chi connectivity index (χ4v) is 2.13. The van der Waals surface area contributed by atoms with Crippen LogP contribution in [0.3, 0.4) is 0 Å². The van der Waals surface area contributed by atoms with Crippen molar-refractivity contribution in [3.63, 3.8) is 0 Å². The Labute approximate surface area is 138 Å². The molecule has 0 saturated carbocycles. The van der Waals surface area contributed by atoms with E-state index in [0.717, 1.165) is 5.56 Å².